The second kappa shape index (κ2) is 5.23. The molecular formula is C14H20N2O2S. The Bertz CT molecular complexity index is 448. The van der Waals surface area contributed by atoms with Crippen molar-refractivity contribution in [2.24, 2.45) is 0 Å². The SMILES string of the molecule is CC1CC(N2C(=O)C(C)NC2c2ccsc2)CCO1. The molecule has 104 valence electrons. The van der Waals surface area contributed by atoms with Gasteiger partial charge in [-0.1, -0.05) is 0 Å². The van der Waals surface area contributed by atoms with E-state index in [1.807, 2.05) is 11.8 Å². The number of nitrogens with one attached hydrogen (secondary N) is 1. The van der Waals surface area contributed by atoms with Gasteiger partial charge in [-0.25, -0.2) is 0 Å². The minimum absolute atomic E-state index is 0.0315. The molecule has 5 heteroatoms. The third-order valence-corrected chi connectivity index (χ3v) is 4.72. The number of thiophene rings is 1. The summed E-state index contributed by atoms with van der Waals surface area (Å²) in [5.74, 6) is 0.218. The molecule has 2 fully saturated rings. The molecule has 0 saturated carbocycles. The maximum absolute atomic E-state index is 12.4. The molecule has 1 amide bonds. The standard InChI is InChI=1S/C14H20N2O2S/c1-9-7-12(3-5-18-9)16-13(11-4-6-19-8-11)15-10(2)14(16)17/h4,6,8-10,12-13,15H,3,5,7H2,1-2H3. The number of nitrogens with zero attached hydrogens (tertiary/aromatic N) is 1. The Kier molecular flexibility index (Phi) is 3.60. The van der Waals surface area contributed by atoms with E-state index in [1.54, 1.807) is 11.3 Å². The fourth-order valence-corrected chi connectivity index (χ4v) is 3.72. The van der Waals surface area contributed by atoms with Crippen LogP contribution in [0.25, 0.3) is 0 Å². The van der Waals surface area contributed by atoms with Gasteiger partial charge in [-0.15, -0.1) is 0 Å². The summed E-state index contributed by atoms with van der Waals surface area (Å²) in [6.45, 7) is 4.79. The van der Waals surface area contributed by atoms with Gasteiger partial charge in [0.15, 0.2) is 0 Å². The summed E-state index contributed by atoms with van der Waals surface area (Å²) in [6, 6.07) is 2.30. The first-order valence-corrected chi connectivity index (χ1v) is 7.83. The summed E-state index contributed by atoms with van der Waals surface area (Å²) in [6.07, 6.45) is 2.14. The molecule has 19 heavy (non-hydrogen) atoms. The zero-order valence-electron chi connectivity index (χ0n) is 11.3. The second-order valence-electron chi connectivity index (χ2n) is 5.45. The van der Waals surface area contributed by atoms with Crippen molar-refractivity contribution in [1.29, 1.82) is 0 Å². The average molecular weight is 280 g/mol. The highest BCUT2D eigenvalue weighted by Gasteiger charge is 2.42. The lowest BCUT2D eigenvalue weighted by Crippen LogP contribution is -2.44. The Morgan fingerprint density at radius 2 is 2.32 bits per heavy atom. The van der Waals surface area contributed by atoms with Gasteiger partial charge in [0.05, 0.1) is 12.1 Å². The maximum atomic E-state index is 12.4. The Morgan fingerprint density at radius 3 is 3.00 bits per heavy atom. The van der Waals surface area contributed by atoms with E-state index < -0.39 is 0 Å². The molecule has 1 aromatic rings. The molecule has 4 atom stereocenters. The summed E-state index contributed by atoms with van der Waals surface area (Å²) in [4.78, 5) is 14.5. The fourth-order valence-electron chi connectivity index (χ4n) is 3.04. The summed E-state index contributed by atoms with van der Waals surface area (Å²) < 4.78 is 5.60. The molecule has 1 aromatic heterocycles. The second-order valence-corrected chi connectivity index (χ2v) is 6.23. The van der Waals surface area contributed by atoms with Crippen LogP contribution in [0.15, 0.2) is 16.8 Å². The van der Waals surface area contributed by atoms with E-state index in [2.05, 4.69) is 29.1 Å². The molecule has 1 N–H and O–H groups in total. The van der Waals surface area contributed by atoms with Gasteiger partial charge in [-0.2, -0.15) is 11.3 Å². The van der Waals surface area contributed by atoms with Crippen molar-refractivity contribution in [2.45, 2.75) is 51.0 Å². The predicted molar refractivity (Wildman–Crippen MR) is 74.9 cm³/mol. The van der Waals surface area contributed by atoms with E-state index in [-0.39, 0.29) is 24.2 Å². The van der Waals surface area contributed by atoms with Gasteiger partial charge in [0.25, 0.3) is 0 Å². The van der Waals surface area contributed by atoms with Gasteiger partial charge in [-0.05, 0) is 49.1 Å². The first-order chi connectivity index (χ1) is 9.16. The van der Waals surface area contributed by atoms with Crippen LogP contribution in [0, 0.1) is 0 Å². The van der Waals surface area contributed by atoms with E-state index in [9.17, 15) is 4.79 Å². The van der Waals surface area contributed by atoms with Crippen LogP contribution in [0.1, 0.15) is 38.4 Å². The zero-order valence-corrected chi connectivity index (χ0v) is 12.2. The molecule has 4 nitrogen and oxygen atoms in total. The molecule has 2 aliphatic rings. The number of ether oxygens (including phenoxy) is 1. The lowest BCUT2D eigenvalue weighted by atomic mass is 10.0. The van der Waals surface area contributed by atoms with Gasteiger partial charge in [0, 0.05) is 12.6 Å². The molecule has 0 aliphatic carbocycles. The fraction of sp³-hybridized carbons (Fsp3) is 0.643. The molecule has 2 saturated heterocycles. The molecule has 3 heterocycles. The van der Waals surface area contributed by atoms with Crippen LogP contribution in [0.3, 0.4) is 0 Å². The maximum Gasteiger partial charge on any atom is 0.241 e. The van der Waals surface area contributed by atoms with Crippen LogP contribution in [0.2, 0.25) is 0 Å². The highest BCUT2D eigenvalue weighted by atomic mass is 32.1. The van der Waals surface area contributed by atoms with Crippen LogP contribution in [0.5, 0.6) is 0 Å². The quantitative estimate of drug-likeness (QED) is 0.902. The van der Waals surface area contributed by atoms with Crippen LogP contribution in [-0.4, -0.2) is 35.6 Å². The zero-order chi connectivity index (χ0) is 13.4. The normalized spacial score (nSPS) is 35.9. The van der Waals surface area contributed by atoms with E-state index in [0.29, 0.717) is 6.04 Å². The lowest BCUT2D eigenvalue weighted by Gasteiger charge is -2.37. The molecule has 0 radical (unpaired) electrons. The Hall–Kier alpha value is -0.910. The minimum Gasteiger partial charge on any atom is -0.378 e. The summed E-state index contributed by atoms with van der Waals surface area (Å²) in [5, 5.41) is 7.60. The Balaban J connectivity index is 1.85. The van der Waals surface area contributed by atoms with Crippen LogP contribution in [0.4, 0.5) is 0 Å². The summed E-state index contributed by atoms with van der Waals surface area (Å²) in [5.41, 5.74) is 1.20. The van der Waals surface area contributed by atoms with E-state index in [4.69, 9.17) is 4.74 Å². The summed E-state index contributed by atoms with van der Waals surface area (Å²) in [7, 11) is 0. The molecule has 3 rings (SSSR count). The molecule has 4 unspecified atom stereocenters. The van der Waals surface area contributed by atoms with E-state index in [0.717, 1.165) is 19.4 Å². The van der Waals surface area contributed by atoms with Crippen molar-refractivity contribution in [2.75, 3.05) is 6.61 Å². The molecular weight excluding hydrogens is 260 g/mol. The number of carbonyl (C=O) groups excluding carboxylic acids is 1. The van der Waals surface area contributed by atoms with Crippen molar-refractivity contribution < 1.29 is 9.53 Å². The predicted octanol–water partition coefficient (Wildman–Crippen LogP) is 2.13. The topological polar surface area (TPSA) is 41.6 Å². The third-order valence-electron chi connectivity index (χ3n) is 4.02. The molecule has 0 spiro atoms. The van der Waals surface area contributed by atoms with E-state index in [1.165, 1.54) is 5.56 Å². The first kappa shape index (κ1) is 13.1. The highest BCUT2D eigenvalue weighted by molar-refractivity contribution is 7.07. The Morgan fingerprint density at radius 1 is 1.47 bits per heavy atom. The lowest BCUT2D eigenvalue weighted by molar-refractivity contribution is -0.135. The number of hydrogen-bond acceptors (Lipinski definition) is 4. The van der Waals surface area contributed by atoms with Gasteiger partial charge in [0.2, 0.25) is 5.91 Å². The highest BCUT2D eigenvalue weighted by Crippen LogP contribution is 2.32. The number of hydrogen-bond donors (Lipinski definition) is 1. The van der Waals surface area contributed by atoms with Crippen molar-refractivity contribution in [1.82, 2.24) is 10.2 Å². The van der Waals surface area contributed by atoms with Gasteiger partial charge in [-0.3, -0.25) is 10.1 Å². The number of carbonyl (C=O) groups is 1. The Labute approximate surface area is 117 Å². The molecule has 2 aliphatic heterocycles. The minimum atomic E-state index is -0.0944. The molecule has 0 aromatic carbocycles. The van der Waals surface area contributed by atoms with Gasteiger partial charge < -0.3 is 9.64 Å². The van der Waals surface area contributed by atoms with Gasteiger partial charge >= 0.3 is 0 Å². The summed E-state index contributed by atoms with van der Waals surface area (Å²) >= 11 is 1.68. The van der Waals surface area contributed by atoms with Crippen molar-refractivity contribution in [3.8, 4) is 0 Å². The van der Waals surface area contributed by atoms with Crippen molar-refractivity contribution in [3.63, 3.8) is 0 Å². The first-order valence-electron chi connectivity index (χ1n) is 6.88. The van der Waals surface area contributed by atoms with Crippen LogP contribution >= 0.6 is 11.3 Å². The number of rotatable bonds is 2. The van der Waals surface area contributed by atoms with Crippen molar-refractivity contribution in [3.05, 3.63) is 22.4 Å². The van der Waals surface area contributed by atoms with Crippen LogP contribution < -0.4 is 5.32 Å². The van der Waals surface area contributed by atoms with E-state index >= 15 is 0 Å². The van der Waals surface area contributed by atoms with Crippen molar-refractivity contribution >= 4 is 17.2 Å². The van der Waals surface area contributed by atoms with Gasteiger partial charge in [0.1, 0.15) is 6.17 Å². The smallest absolute Gasteiger partial charge is 0.241 e. The van der Waals surface area contributed by atoms with Crippen LogP contribution in [-0.2, 0) is 9.53 Å². The molecule has 0 bridgehead atoms. The number of amides is 1. The monoisotopic (exact) mass is 280 g/mol. The third kappa shape index (κ3) is 2.42. The average Bonchev–Trinajstić information content (AvgIpc) is 2.99. The largest absolute Gasteiger partial charge is 0.378 e.